The molecule has 3 rings (SSSR count). The number of carbonyl (C=O) groups excluding carboxylic acids is 2. The summed E-state index contributed by atoms with van der Waals surface area (Å²) >= 11 is 0. The zero-order valence-electron chi connectivity index (χ0n) is 15.0. The van der Waals surface area contributed by atoms with E-state index in [4.69, 9.17) is 9.47 Å². The first-order chi connectivity index (χ1) is 13.5. The predicted octanol–water partition coefficient (Wildman–Crippen LogP) is 3.22. The molecule has 0 aliphatic heterocycles. The summed E-state index contributed by atoms with van der Waals surface area (Å²) in [5, 5.41) is 9.13. The number of anilines is 1. The van der Waals surface area contributed by atoms with Crippen molar-refractivity contribution in [1.29, 1.82) is 0 Å². The Morgan fingerprint density at radius 3 is 2.54 bits per heavy atom. The summed E-state index contributed by atoms with van der Waals surface area (Å²) in [6.45, 7) is 1.89. The molecule has 1 aromatic heterocycles. The minimum Gasteiger partial charge on any atom is -0.434 e. The molecule has 0 bridgehead atoms. The van der Waals surface area contributed by atoms with Gasteiger partial charge in [0, 0.05) is 22.9 Å². The third kappa shape index (κ3) is 4.82. The number of nitrogens with zero attached hydrogens (tertiary/aromatic N) is 1. The summed E-state index contributed by atoms with van der Waals surface area (Å²) in [5.41, 5.74) is 2.00. The van der Waals surface area contributed by atoms with Crippen molar-refractivity contribution in [2.24, 2.45) is 0 Å². The molecule has 0 spiro atoms. The van der Waals surface area contributed by atoms with Gasteiger partial charge in [-0.05, 0) is 49.4 Å². The summed E-state index contributed by atoms with van der Waals surface area (Å²) in [6, 6.07) is 16.1. The zero-order valence-corrected chi connectivity index (χ0v) is 15.0. The van der Waals surface area contributed by atoms with Gasteiger partial charge < -0.3 is 14.8 Å². The molecule has 0 saturated heterocycles. The van der Waals surface area contributed by atoms with Crippen molar-refractivity contribution in [2.75, 3.05) is 11.9 Å². The number of hydrogen-bond donors (Lipinski definition) is 2. The van der Waals surface area contributed by atoms with E-state index in [0.717, 1.165) is 5.56 Å². The van der Waals surface area contributed by atoms with Crippen molar-refractivity contribution in [3.8, 4) is 17.0 Å². The van der Waals surface area contributed by atoms with Gasteiger partial charge in [-0.1, -0.05) is 12.1 Å². The number of aromatic amines is 1. The highest BCUT2D eigenvalue weighted by atomic mass is 16.7. The van der Waals surface area contributed by atoms with Crippen molar-refractivity contribution in [1.82, 2.24) is 10.2 Å². The fourth-order valence-corrected chi connectivity index (χ4v) is 2.38. The molecule has 2 aromatic carbocycles. The Bertz CT molecular complexity index is 1020. The SMILES string of the molecule is CCOC(=O)Oc1ccc(C(=O)Nc2cccc(-c3ccc(=O)[nH]n3)c2)cc1. The van der Waals surface area contributed by atoms with E-state index in [1.165, 1.54) is 30.3 Å². The van der Waals surface area contributed by atoms with E-state index in [9.17, 15) is 14.4 Å². The normalized spacial score (nSPS) is 10.2. The Labute approximate surface area is 160 Å². The largest absolute Gasteiger partial charge is 0.513 e. The van der Waals surface area contributed by atoms with Crippen molar-refractivity contribution >= 4 is 17.7 Å². The number of H-pyrrole nitrogens is 1. The molecule has 0 unspecified atom stereocenters. The Morgan fingerprint density at radius 1 is 1.07 bits per heavy atom. The van der Waals surface area contributed by atoms with Gasteiger partial charge in [0.1, 0.15) is 5.75 Å². The van der Waals surface area contributed by atoms with Gasteiger partial charge in [-0.3, -0.25) is 9.59 Å². The van der Waals surface area contributed by atoms with Crippen molar-refractivity contribution < 1.29 is 19.1 Å². The van der Waals surface area contributed by atoms with Gasteiger partial charge in [0.15, 0.2) is 0 Å². The van der Waals surface area contributed by atoms with Crippen LogP contribution in [-0.2, 0) is 4.74 Å². The molecule has 0 aliphatic carbocycles. The second-order valence-electron chi connectivity index (χ2n) is 5.65. The first-order valence-corrected chi connectivity index (χ1v) is 8.47. The third-order valence-corrected chi connectivity index (χ3v) is 3.68. The summed E-state index contributed by atoms with van der Waals surface area (Å²) < 4.78 is 9.65. The van der Waals surface area contributed by atoms with Crippen LogP contribution in [0.3, 0.4) is 0 Å². The van der Waals surface area contributed by atoms with Crippen LogP contribution in [0.1, 0.15) is 17.3 Å². The van der Waals surface area contributed by atoms with Crippen LogP contribution in [0.4, 0.5) is 10.5 Å². The fourth-order valence-electron chi connectivity index (χ4n) is 2.38. The number of ether oxygens (including phenoxy) is 2. The lowest BCUT2D eigenvalue weighted by molar-refractivity contribution is 0.102. The monoisotopic (exact) mass is 379 g/mol. The first kappa shape index (κ1) is 18.8. The molecule has 8 nitrogen and oxygen atoms in total. The van der Waals surface area contributed by atoms with Crippen LogP contribution < -0.4 is 15.6 Å². The van der Waals surface area contributed by atoms with Crippen LogP contribution in [0, 0.1) is 0 Å². The van der Waals surface area contributed by atoms with Crippen LogP contribution in [0.2, 0.25) is 0 Å². The van der Waals surface area contributed by atoms with E-state index in [2.05, 4.69) is 15.5 Å². The molecular formula is C20H17N3O5. The van der Waals surface area contributed by atoms with Crippen LogP contribution >= 0.6 is 0 Å². The maximum absolute atomic E-state index is 12.4. The van der Waals surface area contributed by atoms with Crippen molar-refractivity contribution in [2.45, 2.75) is 6.92 Å². The predicted molar refractivity (Wildman–Crippen MR) is 102 cm³/mol. The van der Waals surface area contributed by atoms with Crippen LogP contribution in [-0.4, -0.2) is 28.9 Å². The molecule has 28 heavy (non-hydrogen) atoms. The maximum atomic E-state index is 12.4. The Morgan fingerprint density at radius 2 is 1.86 bits per heavy atom. The molecule has 142 valence electrons. The van der Waals surface area contributed by atoms with E-state index in [1.54, 1.807) is 31.2 Å². The number of benzene rings is 2. The molecule has 0 saturated carbocycles. The molecule has 8 heteroatoms. The topological polar surface area (TPSA) is 110 Å². The Hall–Kier alpha value is -3.94. The summed E-state index contributed by atoms with van der Waals surface area (Å²) in [7, 11) is 0. The van der Waals surface area contributed by atoms with Crippen LogP contribution in [0.5, 0.6) is 5.75 Å². The van der Waals surface area contributed by atoms with Crippen LogP contribution in [0.25, 0.3) is 11.3 Å². The highest BCUT2D eigenvalue weighted by Crippen LogP contribution is 2.21. The minimum atomic E-state index is -0.799. The number of aromatic nitrogens is 2. The summed E-state index contributed by atoms with van der Waals surface area (Å²) in [4.78, 5) is 34.9. The van der Waals surface area contributed by atoms with E-state index >= 15 is 0 Å². The van der Waals surface area contributed by atoms with Gasteiger partial charge in [-0.2, -0.15) is 5.10 Å². The van der Waals surface area contributed by atoms with E-state index in [1.807, 2.05) is 6.07 Å². The van der Waals surface area contributed by atoms with Crippen molar-refractivity contribution in [3.05, 3.63) is 76.6 Å². The van der Waals surface area contributed by atoms with E-state index < -0.39 is 6.16 Å². The maximum Gasteiger partial charge on any atom is 0.513 e. The Kier molecular flexibility index (Phi) is 5.81. The molecule has 1 heterocycles. The number of amides is 1. The standard InChI is InChI=1S/C20H17N3O5/c1-2-27-20(26)28-16-8-6-13(7-9-16)19(25)21-15-5-3-4-14(12-15)17-10-11-18(24)23-22-17/h3-12H,2H2,1H3,(H,21,25)(H,23,24). The highest BCUT2D eigenvalue weighted by Gasteiger charge is 2.09. The van der Waals surface area contributed by atoms with Crippen molar-refractivity contribution in [3.63, 3.8) is 0 Å². The van der Waals surface area contributed by atoms with Gasteiger partial charge in [-0.25, -0.2) is 9.89 Å². The second-order valence-corrected chi connectivity index (χ2v) is 5.65. The number of carbonyl (C=O) groups is 2. The lowest BCUT2D eigenvalue weighted by atomic mass is 10.1. The zero-order chi connectivity index (χ0) is 19.9. The highest BCUT2D eigenvalue weighted by molar-refractivity contribution is 6.04. The van der Waals surface area contributed by atoms with Gasteiger partial charge in [0.2, 0.25) is 0 Å². The second kappa shape index (κ2) is 8.63. The third-order valence-electron chi connectivity index (χ3n) is 3.68. The quantitative estimate of drug-likeness (QED) is 0.520. The van der Waals surface area contributed by atoms with E-state index in [-0.39, 0.29) is 23.8 Å². The smallest absolute Gasteiger partial charge is 0.434 e. The molecule has 0 fully saturated rings. The van der Waals surface area contributed by atoms with Crippen LogP contribution in [0.15, 0.2) is 65.5 Å². The minimum absolute atomic E-state index is 0.215. The average molecular weight is 379 g/mol. The summed E-state index contributed by atoms with van der Waals surface area (Å²) in [5.74, 6) is -0.0459. The van der Waals surface area contributed by atoms with Gasteiger partial charge in [0.05, 0.1) is 12.3 Å². The molecule has 2 N–H and O–H groups in total. The van der Waals surface area contributed by atoms with Gasteiger partial charge in [-0.15, -0.1) is 0 Å². The first-order valence-electron chi connectivity index (χ1n) is 8.47. The molecule has 3 aromatic rings. The number of hydrogen-bond acceptors (Lipinski definition) is 6. The molecule has 0 atom stereocenters. The number of rotatable bonds is 5. The Balaban J connectivity index is 1.69. The summed E-state index contributed by atoms with van der Waals surface area (Å²) in [6.07, 6.45) is -0.799. The molecule has 1 amide bonds. The molecule has 0 aliphatic rings. The van der Waals surface area contributed by atoms with Gasteiger partial charge >= 0.3 is 6.16 Å². The lowest BCUT2D eigenvalue weighted by Crippen LogP contribution is -2.13. The van der Waals surface area contributed by atoms with Gasteiger partial charge in [0.25, 0.3) is 11.5 Å². The fraction of sp³-hybridized carbons (Fsp3) is 0.100. The number of nitrogens with one attached hydrogen (secondary N) is 2. The molecule has 0 radical (unpaired) electrons. The molecular weight excluding hydrogens is 362 g/mol. The van der Waals surface area contributed by atoms with E-state index in [0.29, 0.717) is 16.9 Å². The average Bonchev–Trinajstić information content (AvgIpc) is 2.69. The lowest BCUT2D eigenvalue weighted by Gasteiger charge is -2.08.